The number of rotatable bonds is 0. The van der Waals surface area contributed by atoms with Gasteiger partial charge in [-0.2, -0.15) is 0 Å². The molecule has 2 nitrogen and oxygen atoms in total. The summed E-state index contributed by atoms with van der Waals surface area (Å²) in [6, 6.07) is 0.992. The average molecular weight is 265 g/mol. The first-order valence-corrected chi connectivity index (χ1v) is 4.89. The molecule has 0 aromatic heterocycles. The lowest BCUT2D eigenvalue weighted by atomic mass is 10.0. The topological polar surface area (TPSA) is 29.5 Å². The quantitative estimate of drug-likeness (QED) is 0.730. The van der Waals surface area contributed by atoms with Crippen LogP contribution in [0.3, 0.4) is 0 Å². The van der Waals surface area contributed by atoms with Crippen molar-refractivity contribution in [2.75, 3.05) is 6.61 Å². The molecule has 2 rings (SSSR count). The fraction of sp³-hybridized carbons (Fsp3) is 0.333. The lowest BCUT2D eigenvalue weighted by Crippen LogP contribution is -2.16. The molecule has 0 fully saturated rings. The van der Waals surface area contributed by atoms with Crippen LogP contribution in [0.4, 0.5) is 8.78 Å². The van der Waals surface area contributed by atoms with Crippen LogP contribution in [0.5, 0.6) is 5.75 Å². The zero-order valence-electron chi connectivity index (χ0n) is 7.06. The number of aliphatic hydroxyl groups is 1. The Hall–Kier alpha value is -0.680. The highest BCUT2D eigenvalue weighted by molar-refractivity contribution is 9.10. The van der Waals surface area contributed by atoms with E-state index in [-0.39, 0.29) is 17.7 Å². The van der Waals surface area contributed by atoms with Gasteiger partial charge in [-0.3, -0.25) is 0 Å². The van der Waals surface area contributed by atoms with Crippen molar-refractivity contribution in [2.24, 2.45) is 0 Å². The zero-order chi connectivity index (χ0) is 10.3. The molecule has 14 heavy (non-hydrogen) atoms. The van der Waals surface area contributed by atoms with E-state index in [0.29, 0.717) is 11.1 Å². The first kappa shape index (κ1) is 9.86. The monoisotopic (exact) mass is 264 g/mol. The highest BCUT2D eigenvalue weighted by atomic mass is 79.9. The minimum absolute atomic E-state index is 0.0943. The van der Waals surface area contributed by atoms with E-state index in [1.165, 1.54) is 0 Å². The first-order chi connectivity index (χ1) is 6.61. The van der Waals surface area contributed by atoms with Crippen LogP contribution < -0.4 is 4.74 Å². The summed E-state index contributed by atoms with van der Waals surface area (Å²) in [5.41, 5.74) is -0.0943. The third-order valence-corrected chi connectivity index (χ3v) is 2.72. The van der Waals surface area contributed by atoms with Crippen molar-refractivity contribution in [3.63, 3.8) is 0 Å². The zero-order valence-corrected chi connectivity index (χ0v) is 8.64. The lowest BCUT2D eigenvalue weighted by Gasteiger charge is -2.23. The molecule has 76 valence electrons. The smallest absolute Gasteiger partial charge is 0.168 e. The molecular weight excluding hydrogens is 258 g/mol. The van der Waals surface area contributed by atoms with Crippen molar-refractivity contribution in [1.82, 2.24) is 0 Å². The van der Waals surface area contributed by atoms with Gasteiger partial charge in [0.2, 0.25) is 0 Å². The first-order valence-electron chi connectivity index (χ1n) is 4.09. The number of halogens is 3. The molecule has 0 spiro atoms. The molecule has 1 unspecified atom stereocenters. The van der Waals surface area contributed by atoms with E-state index in [0.717, 1.165) is 6.07 Å². The van der Waals surface area contributed by atoms with Gasteiger partial charge in [-0.15, -0.1) is 0 Å². The molecule has 1 aliphatic rings. The lowest BCUT2D eigenvalue weighted by molar-refractivity contribution is 0.109. The molecule has 1 atom stereocenters. The maximum atomic E-state index is 13.3. The molecule has 1 aromatic rings. The maximum Gasteiger partial charge on any atom is 0.168 e. The Kier molecular flexibility index (Phi) is 2.45. The predicted octanol–water partition coefficient (Wildman–Crippen LogP) is 2.54. The van der Waals surface area contributed by atoms with Crippen LogP contribution in [0.25, 0.3) is 0 Å². The molecule has 0 aliphatic carbocycles. The van der Waals surface area contributed by atoms with Crippen LogP contribution in [0.15, 0.2) is 10.5 Å². The Labute approximate surface area is 87.6 Å². The van der Waals surface area contributed by atoms with Crippen molar-refractivity contribution < 1.29 is 18.6 Å². The highest BCUT2D eigenvalue weighted by Crippen LogP contribution is 2.40. The van der Waals surface area contributed by atoms with Crippen LogP contribution in [-0.4, -0.2) is 11.7 Å². The average Bonchev–Trinajstić information content (AvgIpc) is 2.14. The van der Waals surface area contributed by atoms with Gasteiger partial charge in [-0.25, -0.2) is 8.78 Å². The van der Waals surface area contributed by atoms with E-state index < -0.39 is 17.7 Å². The number of hydrogen-bond donors (Lipinski definition) is 1. The van der Waals surface area contributed by atoms with Gasteiger partial charge in [0, 0.05) is 6.42 Å². The van der Waals surface area contributed by atoms with Gasteiger partial charge in [0.25, 0.3) is 0 Å². The van der Waals surface area contributed by atoms with Gasteiger partial charge in [-0.05, 0) is 22.0 Å². The van der Waals surface area contributed by atoms with Crippen LogP contribution in [0.2, 0.25) is 0 Å². The third kappa shape index (κ3) is 1.40. The summed E-state index contributed by atoms with van der Waals surface area (Å²) in [4.78, 5) is 0. The standard InChI is InChI=1S/C9H7BrF2O2/c10-4-3-5(11)8(12)7-6(13)1-2-14-9(4)7/h3,6,13H,1-2H2. The van der Waals surface area contributed by atoms with E-state index in [1.54, 1.807) is 0 Å². The molecule has 1 aliphatic heterocycles. The van der Waals surface area contributed by atoms with Gasteiger partial charge in [0.1, 0.15) is 5.75 Å². The van der Waals surface area contributed by atoms with Crippen LogP contribution >= 0.6 is 15.9 Å². The van der Waals surface area contributed by atoms with Crippen molar-refractivity contribution >= 4 is 15.9 Å². The molecule has 0 saturated carbocycles. The summed E-state index contributed by atoms with van der Waals surface area (Å²) in [5.74, 6) is -1.82. The van der Waals surface area contributed by atoms with Crippen molar-refractivity contribution in [3.8, 4) is 5.75 Å². The van der Waals surface area contributed by atoms with Gasteiger partial charge in [0.15, 0.2) is 11.6 Å². The Morgan fingerprint density at radius 1 is 1.50 bits per heavy atom. The van der Waals surface area contributed by atoms with Crippen LogP contribution in [0, 0.1) is 11.6 Å². The Balaban J connectivity index is 2.67. The van der Waals surface area contributed by atoms with E-state index in [2.05, 4.69) is 15.9 Å². The van der Waals surface area contributed by atoms with E-state index >= 15 is 0 Å². The van der Waals surface area contributed by atoms with E-state index in [4.69, 9.17) is 4.74 Å². The van der Waals surface area contributed by atoms with E-state index in [1.807, 2.05) is 0 Å². The number of hydrogen-bond acceptors (Lipinski definition) is 2. The number of aliphatic hydroxyl groups excluding tert-OH is 1. The second-order valence-electron chi connectivity index (χ2n) is 3.05. The Bertz CT molecular complexity index is 382. The minimum atomic E-state index is -1.03. The predicted molar refractivity (Wildman–Crippen MR) is 49.1 cm³/mol. The molecule has 1 aromatic carbocycles. The summed E-state index contributed by atoms with van der Waals surface area (Å²) in [6.45, 7) is 0.303. The fourth-order valence-corrected chi connectivity index (χ4v) is 1.99. The van der Waals surface area contributed by atoms with Crippen molar-refractivity contribution in [3.05, 3.63) is 27.7 Å². The van der Waals surface area contributed by atoms with Crippen LogP contribution in [0.1, 0.15) is 18.1 Å². The minimum Gasteiger partial charge on any atom is -0.492 e. The Morgan fingerprint density at radius 2 is 2.21 bits per heavy atom. The van der Waals surface area contributed by atoms with Gasteiger partial charge in [-0.1, -0.05) is 0 Å². The molecule has 1 N–H and O–H groups in total. The van der Waals surface area contributed by atoms with Crippen molar-refractivity contribution in [2.45, 2.75) is 12.5 Å². The van der Waals surface area contributed by atoms with Crippen LogP contribution in [-0.2, 0) is 0 Å². The third-order valence-electron chi connectivity index (χ3n) is 2.13. The van der Waals surface area contributed by atoms with Gasteiger partial charge in [0.05, 0.1) is 22.7 Å². The molecule has 5 heteroatoms. The normalized spacial score (nSPS) is 20.1. The summed E-state index contributed by atoms with van der Waals surface area (Å²) >= 11 is 3.05. The van der Waals surface area contributed by atoms with Gasteiger partial charge >= 0.3 is 0 Å². The molecule has 0 saturated heterocycles. The second-order valence-corrected chi connectivity index (χ2v) is 3.90. The van der Waals surface area contributed by atoms with Gasteiger partial charge < -0.3 is 9.84 Å². The second kappa shape index (κ2) is 3.47. The molecule has 0 radical (unpaired) electrons. The van der Waals surface area contributed by atoms with Crippen molar-refractivity contribution in [1.29, 1.82) is 0 Å². The maximum absolute atomic E-state index is 13.3. The molecular formula is C9H7BrF2O2. The summed E-state index contributed by atoms with van der Waals surface area (Å²) in [7, 11) is 0. The fourth-order valence-electron chi connectivity index (χ4n) is 1.46. The summed E-state index contributed by atoms with van der Waals surface area (Å²) in [6.07, 6.45) is -0.717. The molecule has 0 bridgehead atoms. The Morgan fingerprint density at radius 3 is 2.93 bits per heavy atom. The molecule has 1 heterocycles. The SMILES string of the molecule is OC1CCOc2c(Br)cc(F)c(F)c21. The van der Waals surface area contributed by atoms with E-state index in [9.17, 15) is 13.9 Å². The summed E-state index contributed by atoms with van der Waals surface area (Å²) in [5, 5.41) is 9.48. The number of benzene rings is 1. The summed E-state index contributed by atoms with van der Waals surface area (Å²) < 4.78 is 31.7. The number of ether oxygens (including phenoxy) is 1. The highest BCUT2D eigenvalue weighted by Gasteiger charge is 2.27. The number of fused-ring (bicyclic) bond motifs is 1. The largest absolute Gasteiger partial charge is 0.492 e. The molecule has 0 amide bonds.